The van der Waals surface area contributed by atoms with Crippen LogP contribution >= 0.6 is 0 Å². The lowest BCUT2D eigenvalue weighted by molar-refractivity contribution is -0.298. The number of Topliss-reactive ketones (excluding diaryl/α,β-unsaturated/α-hetero) is 2. The average molecular weight is 695 g/mol. The zero-order valence-corrected chi connectivity index (χ0v) is 28.3. The van der Waals surface area contributed by atoms with Gasteiger partial charge < -0.3 is 44.1 Å². The number of carbonyl (C=O) groups is 4. The number of benzene rings is 2. The van der Waals surface area contributed by atoms with E-state index >= 15 is 0 Å². The monoisotopic (exact) mass is 694 g/mol. The summed E-state index contributed by atoms with van der Waals surface area (Å²) in [7, 11) is 0. The molecule has 0 bridgehead atoms. The molecular formula is C37H42O13. The lowest BCUT2D eigenvalue weighted by Gasteiger charge is -2.42. The lowest BCUT2D eigenvalue weighted by Crippen LogP contribution is -2.50. The molecule has 0 saturated carbocycles. The Balaban J connectivity index is 1.04. The summed E-state index contributed by atoms with van der Waals surface area (Å²) in [4.78, 5) is 52.1. The first-order chi connectivity index (χ1) is 23.6. The van der Waals surface area contributed by atoms with Crippen molar-refractivity contribution in [3.63, 3.8) is 0 Å². The Morgan fingerprint density at radius 3 is 2.20 bits per heavy atom. The normalized spacial score (nSPS) is 35.8. The molecule has 3 aliphatic heterocycles. The molecule has 4 N–H and O–H groups in total. The van der Waals surface area contributed by atoms with E-state index in [0.717, 1.165) is 0 Å². The Kier molecular flexibility index (Phi) is 8.99. The summed E-state index contributed by atoms with van der Waals surface area (Å²) in [6.45, 7) is 6.77. The second-order valence-corrected chi connectivity index (χ2v) is 14.5. The number of ether oxygens (including phenoxy) is 5. The van der Waals surface area contributed by atoms with Gasteiger partial charge in [-0.15, -0.1) is 0 Å². The van der Waals surface area contributed by atoms with Crippen LogP contribution in [-0.4, -0.2) is 98.4 Å². The average Bonchev–Trinajstić information content (AvgIpc) is 3.04. The summed E-state index contributed by atoms with van der Waals surface area (Å²) >= 11 is 0. The summed E-state index contributed by atoms with van der Waals surface area (Å²) in [6, 6.07) is 4.10. The summed E-state index contributed by atoms with van der Waals surface area (Å²) in [5.41, 5.74) is -1.95. The van der Waals surface area contributed by atoms with Gasteiger partial charge in [-0.3, -0.25) is 19.2 Å². The number of ketones is 4. The van der Waals surface area contributed by atoms with Gasteiger partial charge >= 0.3 is 0 Å². The van der Waals surface area contributed by atoms with Crippen molar-refractivity contribution < 1.29 is 63.3 Å². The van der Waals surface area contributed by atoms with Gasteiger partial charge in [0.2, 0.25) is 0 Å². The minimum Gasteiger partial charge on any atom is -0.507 e. The van der Waals surface area contributed by atoms with Crippen molar-refractivity contribution >= 4 is 23.1 Å². The predicted octanol–water partition coefficient (Wildman–Crippen LogP) is 3.35. The van der Waals surface area contributed by atoms with E-state index < -0.39 is 77.5 Å². The molecule has 13 heteroatoms. The van der Waals surface area contributed by atoms with Gasteiger partial charge in [0.1, 0.15) is 23.7 Å². The van der Waals surface area contributed by atoms with E-state index in [1.807, 2.05) is 6.92 Å². The molecule has 7 rings (SSSR count). The number of carbonyl (C=O) groups excluding carboxylic acids is 4. The smallest absolute Gasteiger partial charge is 0.198 e. The van der Waals surface area contributed by atoms with Gasteiger partial charge in [-0.05, 0) is 46.2 Å². The molecule has 3 fully saturated rings. The standard InChI is InChI=1S/C37H42O13/c1-15-23(38)7-9-28(47-15)49-26-8-10-29(48-16(26)2)50-36-17(3)46-27(12-24(36)39)18-5-6-19-30(32(18)41)34(43)21-11-20-22(35(44)31(21)33(19)42)13-37(4,45)14-25(20)40/h5-6,11,15-17,24,26-29,36,39,41,44-45H,7-10,12-14H2,1-4H3/t15?,16?,17?,24?,26?,27?,28?,29?,36?,37-/m0/s1. The largest absolute Gasteiger partial charge is 0.507 e. The first-order valence-electron chi connectivity index (χ1n) is 17.2. The molecule has 2 aromatic rings. The molecule has 5 aliphatic rings. The van der Waals surface area contributed by atoms with Crippen LogP contribution in [0.15, 0.2) is 18.2 Å². The number of hydrogen-bond donors (Lipinski definition) is 4. The molecule has 0 amide bonds. The minimum absolute atomic E-state index is 0.00668. The molecular weight excluding hydrogens is 652 g/mol. The van der Waals surface area contributed by atoms with Crippen molar-refractivity contribution in [2.24, 2.45) is 0 Å². The van der Waals surface area contributed by atoms with Gasteiger partial charge in [0.15, 0.2) is 35.7 Å². The first-order valence-corrected chi connectivity index (χ1v) is 17.2. The molecule has 2 aromatic carbocycles. The van der Waals surface area contributed by atoms with E-state index in [1.165, 1.54) is 25.1 Å². The van der Waals surface area contributed by atoms with Crippen molar-refractivity contribution in [3.05, 3.63) is 57.1 Å². The van der Waals surface area contributed by atoms with E-state index in [9.17, 15) is 39.6 Å². The van der Waals surface area contributed by atoms with Crippen LogP contribution in [0.4, 0.5) is 0 Å². The van der Waals surface area contributed by atoms with Gasteiger partial charge in [-0.2, -0.15) is 0 Å². The van der Waals surface area contributed by atoms with Gasteiger partial charge in [-0.1, -0.05) is 6.07 Å². The van der Waals surface area contributed by atoms with E-state index in [4.69, 9.17) is 23.7 Å². The molecule has 268 valence electrons. The third-order valence-electron chi connectivity index (χ3n) is 10.6. The Labute approximate surface area is 288 Å². The number of aliphatic hydroxyl groups is 2. The van der Waals surface area contributed by atoms with Gasteiger partial charge in [0.25, 0.3) is 0 Å². The molecule has 13 nitrogen and oxygen atoms in total. The Morgan fingerprint density at radius 2 is 1.50 bits per heavy atom. The first kappa shape index (κ1) is 34.9. The molecule has 0 spiro atoms. The molecule has 10 atom stereocenters. The highest BCUT2D eigenvalue weighted by atomic mass is 16.7. The number of hydrogen-bond acceptors (Lipinski definition) is 13. The number of aliphatic hydroxyl groups excluding tert-OH is 1. The Bertz CT molecular complexity index is 1750. The topological polar surface area (TPSA) is 195 Å². The minimum atomic E-state index is -1.42. The third-order valence-corrected chi connectivity index (χ3v) is 10.6. The van der Waals surface area contributed by atoms with E-state index in [0.29, 0.717) is 25.7 Å². The number of aromatic hydroxyl groups is 2. The summed E-state index contributed by atoms with van der Waals surface area (Å²) < 4.78 is 30.3. The predicted molar refractivity (Wildman–Crippen MR) is 172 cm³/mol. The van der Waals surface area contributed by atoms with Crippen LogP contribution in [0.1, 0.15) is 126 Å². The van der Waals surface area contributed by atoms with Crippen LogP contribution in [0.25, 0.3) is 0 Å². The summed E-state index contributed by atoms with van der Waals surface area (Å²) in [5, 5.41) is 44.3. The van der Waals surface area contributed by atoms with Crippen molar-refractivity contribution in [1.82, 2.24) is 0 Å². The molecule has 50 heavy (non-hydrogen) atoms. The van der Waals surface area contributed by atoms with Gasteiger partial charge in [0, 0.05) is 66.3 Å². The number of phenolic OH excluding ortho intramolecular Hbond substituents is 2. The van der Waals surface area contributed by atoms with E-state index in [2.05, 4.69) is 0 Å². The van der Waals surface area contributed by atoms with Crippen LogP contribution in [0, 0.1) is 0 Å². The fourth-order valence-electron chi connectivity index (χ4n) is 7.96. The number of phenols is 2. The zero-order chi connectivity index (χ0) is 35.8. The summed E-state index contributed by atoms with van der Waals surface area (Å²) in [5.74, 6) is -2.88. The zero-order valence-electron chi connectivity index (χ0n) is 28.3. The SMILES string of the molecule is CC1OC(OC2CCC(OC3C(O)CC(c4ccc5c(c4O)C(=O)c4cc6c(c(O)c4C5=O)C[C@](C)(O)CC6=O)OC3C)OC2C)CCC1=O. The molecule has 0 radical (unpaired) electrons. The highest BCUT2D eigenvalue weighted by Gasteiger charge is 2.45. The van der Waals surface area contributed by atoms with Gasteiger partial charge in [-0.25, -0.2) is 0 Å². The van der Waals surface area contributed by atoms with Crippen LogP contribution in [0.5, 0.6) is 11.5 Å². The maximum atomic E-state index is 13.8. The van der Waals surface area contributed by atoms with Crippen LogP contribution < -0.4 is 0 Å². The fraction of sp³-hybridized carbons (Fsp3) is 0.568. The molecule has 9 unspecified atom stereocenters. The maximum absolute atomic E-state index is 13.8. The van der Waals surface area contributed by atoms with Gasteiger partial charge in [0.05, 0.1) is 47.2 Å². The summed E-state index contributed by atoms with van der Waals surface area (Å²) in [6.07, 6.45) is -3.81. The number of fused-ring (bicyclic) bond motifs is 3. The molecule has 3 heterocycles. The van der Waals surface area contributed by atoms with Crippen molar-refractivity contribution in [1.29, 1.82) is 0 Å². The Morgan fingerprint density at radius 1 is 0.800 bits per heavy atom. The molecule has 0 aromatic heterocycles. The lowest BCUT2D eigenvalue weighted by atomic mass is 9.74. The van der Waals surface area contributed by atoms with Crippen LogP contribution in [0.2, 0.25) is 0 Å². The maximum Gasteiger partial charge on any atom is 0.198 e. The fourth-order valence-corrected chi connectivity index (χ4v) is 7.96. The van der Waals surface area contributed by atoms with E-state index in [1.54, 1.807) is 13.8 Å². The Hall–Kier alpha value is -3.56. The molecule has 3 saturated heterocycles. The third kappa shape index (κ3) is 6.08. The van der Waals surface area contributed by atoms with Crippen LogP contribution in [0.3, 0.4) is 0 Å². The van der Waals surface area contributed by atoms with Crippen LogP contribution in [-0.2, 0) is 34.9 Å². The van der Waals surface area contributed by atoms with Crippen molar-refractivity contribution in [3.8, 4) is 11.5 Å². The number of rotatable bonds is 5. The van der Waals surface area contributed by atoms with Crippen molar-refractivity contribution in [2.75, 3.05) is 0 Å². The van der Waals surface area contributed by atoms with E-state index in [-0.39, 0.29) is 76.2 Å². The second kappa shape index (κ2) is 12.9. The second-order valence-electron chi connectivity index (χ2n) is 14.5. The van der Waals surface area contributed by atoms with Crippen molar-refractivity contribution in [2.45, 2.75) is 134 Å². The highest BCUT2D eigenvalue weighted by Crippen LogP contribution is 2.46. The highest BCUT2D eigenvalue weighted by molar-refractivity contribution is 6.31. The molecule has 2 aliphatic carbocycles. The quantitative estimate of drug-likeness (QED) is 0.304.